The van der Waals surface area contributed by atoms with Crippen molar-refractivity contribution < 1.29 is 9.59 Å². The van der Waals surface area contributed by atoms with Crippen LogP contribution in [0.1, 0.15) is 18.9 Å². The van der Waals surface area contributed by atoms with Crippen molar-refractivity contribution in [1.82, 2.24) is 14.8 Å². The van der Waals surface area contributed by atoms with Crippen LogP contribution in [0.2, 0.25) is 0 Å². The topological polar surface area (TPSA) is 68.4 Å². The first-order valence-corrected chi connectivity index (χ1v) is 10.5. The van der Waals surface area contributed by atoms with Gasteiger partial charge in [-0.25, -0.2) is 0 Å². The molecule has 2 amide bonds. The van der Waals surface area contributed by atoms with Crippen molar-refractivity contribution in [2.24, 2.45) is 0 Å². The van der Waals surface area contributed by atoms with Crippen molar-refractivity contribution in [2.75, 3.05) is 18.4 Å². The Labute approximate surface area is 180 Å². The molecule has 1 aromatic heterocycles. The maximum absolute atomic E-state index is 12.9. The molecule has 0 radical (unpaired) electrons. The monoisotopic (exact) mass is 420 g/mol. The van der Waals surface area contributed by atoms with Crippen LogP contribution in [-0.2, 0) is 16.0 Å². The Kier molecular flexibility index (Phi) is 5.81. The highest BCUT2D eigenvalue weighted by Crippen LogP contribution is 2.23. The van der Waals surface area contributed by atoms with Crippen LogP contribution in [0.4, 0.5) is 5.69 Å². The second-order valence-electron chi connectivity index (χ2n) is 7.34. The number of benzene rings is 2. The van der Waals surface area contributed by atoms with E-state index in [9.17, 15) is 9.59 Å². The highest BCUT2D eigenvalue weighted by Gasteiger charge is 2.42. The van der Waals surface area contributed by atoms with E-state index >= 15 is 0 Å². The first-order valence-electron chi connectivity index (χ1n) is 10.1. The van der Waals surface area contributed by atoms with Crippen LogP contribution in [-0.4, -0.2) is 50.8 Å². The summed E-state index contributed by atoms with van der Waals surface area (Å²) in [6, 6.07) is 17.2. The number of carbonyl (C=O) groups excluding carboxylic acids is 2. The number of fused-ring (bicyclic) bond motifs is 1. The van der Waals surface area contributed by atoms with Crippen LogP contribution in [0.15, 0.2) is 60.8 Å². The average Bonchev–Trinajstić information content (AvgIpc) is 3.29. The molecule has 0 aliphatic carbocycles. The molecule has 0 spiro atoms. The molecular formula is C23H24N4O2S. The number of carbonyl (C=O) groups is 2. The van der Waals surface area contributed by atoms with Gasteiger partial charge in [-0.3, -0.25) is 14.5 Å². The van der Waals surface area contributed by atoms with Crippen LogP contribution in [0.5, 0.6) is 0 Å². The van der Waals surface area contributed by atoms with E-state index in [4.69, 9.17) is 12.2 Å². The summed E-state index contributed by atoms with van der Waals surface area (Å²) in [5.74, 6) is -0.310. The third-order valence-electron chi connectivity index (χ3n) is 5.42. The first-order chi connectivity index (χ1) is 14.6. The minimum Gasteiger partial charge on any atom is -0.361 e. The number of aromatic nitrogens is 1. The fourth-order valence-electron chi connectivity index (χ4n) is 3.84. The molecule has 2 heterocycles. The summed E-state index contributed by atoms with van der Waals surface area (Å²) in [6.07, 6.45) is 2.68. The molecule has 4 rings (SSSR count). The molecule has 3 aromatic rings. The van der Waals surface area contributed by atoms with Gasteiger partial charge in [0, 0.05) is 30.5 Å². The molecule has 0 saturated carbocycles. The second kappa shape index (κ2) is 8.67. The molecule has 2 N–H and O–H groups in total. The lowest BCUT2D eigenvalue weighted by molar-refractivity contribution is -0.130. The van der Waals surface area contributed by atoms with E-state index in [0.717, 1.165) is 17.3 Å². The van der Waals surface area contributed by atoms with Crippen LogP contribution in [0.25, 0.3) is 10.9 Å². The maximum atomic E-state index is 12.9. The molecule has 1 aliphatic heterocycles. The quantitative estimate of drug-likeness (QED) is 0.574. The molecule has 1 unspecified atom stereocenters. The maximum Gasteiger partial charge on any atom is 0.252 e. The number of H-pyrrole nitrogens is 1. The molecule has 1 atom stereocenters. The zero-order valence-electron chi connectivity index (χ0n) is 16.8. The smallest absolute Gasteiger partial charge is 0.252 e. The van der Waals surface area contributed by atoms with Gasteiger partial charge in [-0.15, -0.1) is 0 Å². The molecule has 1 aliphatic rings. The lowest BCUT2D eigenvalue weighted by Crippen LogP contribution is -2.39. The Morgan fingerprint density at radius 1 is 1.17 bits per heavy atom. The van der Waals surface area contributed by atoms with Gasteiger partial charge >= 0.3 is 0 Å². The molecular weight excluding hydrogens is 396 g/mol. The lowest BCUT2D eigenvalue weighted by atomic mass is 10.1. The highest BCUT2D eigenvalue weighted by atomic mass is 32.1. The SMILES string of the molecule is CCN1C(=O)C(CC(=O)Nc2ccc3cc[nH]c3c2)N(CCc2ccccc2)C1=S. The van der Waals surface area contributed by atoms with E-state index in [0.29, 0.717) is 23.9 Å². The Morgan fingerprint density at radius 2 is 1.97 bits per heavy atom. The van der Waals surface area contributed by atoms with Gasteiger partial charge in [0.15, 0.2) is 5.11 Å². The average molecular weight is 421 g/mol. The van der Waals surface area contributed by atoms with E-state index in [1.165, 1.54) is 5.56 Å². The van der Waals surface area contributed by atoms with Gasteiger partial charge in [-0.05, 0) is 54.7 Å². The molecule has 1 fully saturated rings. The third kappa shape index (κ3) is 4.07. The predicted octanol–water partition coefficient (Wildman–Crippen LogP) is 3.56. The van der Waals surface area contributed by atoms with Crippen LogP contribution in [0, 0.1) is 0 Å². The number of rotatable bonds is 7. The zero-order valence-corrected chi connectivity index (χ0v) is 17.6. The molecule has 154 valence electrons. The van der Waals surface area contributed by atoms with Crippen molar-refractivity contribution in [3.05, 3.63) is 66.4 Å². The summed E-state index contributed by atoms with van der Waals surface area (Å²) in [5, 5.41) is 4.50. The molecule has 1 saturated heterocycles. The van der Waals surface area contributed by atoms with Gasteiger partial charge in [0.05, 0.1) is 6.42 Å². The summed E-state index contributed by atoms with van der Waals surface area (Å²) in [4.78, 5) is 32.3. The van der Waals surface area contributed by atoms with Gasteiger partial charge in [-0.1, -0.05) is 36.4 Å². The molecule has 30 heavy (non-hydrogen) atoms. The summed E-state index contributed by atoms with van der Waals surface area (Å²) in [7, 11) is 0. The summed E-state index contributed by atoms with van der Waals surface area (Å²) < 4.78 is 0. The summed E-state index contributed by atoms with van der Waals surface area (Å²) >= 11 is 5.55. The van der Waals surface area contributed by atoms with Crippen LogP contribution >= 0.6 is 12.2 Å². The Hall–Kier alpha value is -3.19. The van der Waals surface area contributed by atoms with Crippen molar-refractivity contribution in [3.63, 3.8) is 0 Å². The van der Waals surface area contributed by atoms with Gasteiger partial charge < -0.3 is 15.2 Å². The lowest BCUT2D eigenvalue weighted by Gasteiger charge is -2.23. The number of likely N-dealkylation sites (N-methyl/N-ethyl adjacent to an activating group) is 1. The number of nitrogens with zero attached hydrogens (tertiary/aromatic N) is 2. The number of aromatic amines is 1. The number of amides is 2. The summed E-state index contributed by atoms with van der Waals surface area (Å²) in [6.45, 7) is 2.99. The highest BCUT2D eigenvalue weighted by molar-refractivity contribution is 7.80. The Bertz CT molecular complexity index is 1080. The molecule has 2 aromatic carbocycles. The van der Waals surface area contributed by atoms with Gasteiger partial charge in [0.25, 0.3) is 5.91 Å². The summed E-state index contributed by atoms with van der Waals surface area (Å²) in [5.41, 5.74) is 2.82. The van der Waals surface area contributed by atoms with Gasteiger partial charge in [0.1, 0.15) is 6.04 Å². The first kappa shape index (κ1) is 20.1. The third-order valence-corrected chi connectivity index (χ3v) is 5.88. The van der Waals surface area contributed by atoms with Crippen molar-refractivity contribution in [1.29, 1.82) is 0 Å². The number of anilines is 1. The molecule has 7 heteroatoms. The molecule has 6 nitrogen and oxygen atoms in total. The van der Waals surface area contributed by atoms with Crippen molar-refractivity contribution in [2.45, 2.75) is 25.8 Å². The largest absolute Gasteiger partial charge is 0.361 e. The standard InChI is InChI=1S/C23H24N4O2S/c1-2-26-22(29)20(27(23(26)30)13-11-16-6-4-3-5-7-16)15-21(28)25-18-9-8-17-10-12-24-19(17)14-18/h3-10,12,14,20,24H,2,11,13,15H2,1H3,(H,25,28). The van der Waals surface area contributed by atoms with Gasteiger partial charge in [0.2, 0.25) is 5.91 Å². The predicted molar refractivity (Wildman–Crippen MR) is 122 cm³/mol. The number of nitrogens with one attached hydrogen (secondary N) is 2. The van der Waals surface area contributed by atoms with E-state index in [-0.39, 0.29) is 18.2 Å². The normalized spacial score (nSPS) is 16.5. The minimum atomic E-state index is -0.574. The fourth-order valence-corrected chi connectivity index (χ4v) is 4.28. The van der Waals surface area contributed by atoms with E-state index in [2.05, 4.69) is 22.4 Å². The second-order valence-corrected chi connectivity index (χ2v) is 7.71. The molecule has 0 bridgehead atoms. The Balaban J connectivity index is 1.46. The number of thiocarbonyl (C=S) groups is 1. The fraction of sp³-hybridized carbons (Fsp3) is 0.261. The minimum absolute atomic E-state index is 0.0625. The van der Waals surface area contributed by atoms with E-state index < -0.39 is 6.04 Å². The number of hydrogen-bond acceptors (Lipinski definition) is 3. The van der Waals surface area contributed by atoms with Gasteiger partial charge in [-0.2, -0.15) is 0 Å². The number of hydrogen-bond donors (Lipinski definition) is 2. The Morgan fingerprint density at radius 3 is 2.73 bits per heavy atom. The van der Waals surface area contributed by atoms with Crippen molar-refractivity contribution in [3.8, 4) is 0 Å². The van der Waals surface area contributed by atoms with E-state index in [1.54, 1.807) is 4.90 Å². The van der Waals surface area contributed by atoms with E-state index in [1.807, 2.05) is 60.5 Å². The van der Waals surface area contributed by atoms with Crippen LogP contribution < -0.4 is 5.32 Å². The van der Waals surface area contributed by atoms with Crippen LogP contribution in [0.3, 0.4) is 0 Å². The zero-order chi connectivity index (χ0) is 21.1. The van der Waals surface area contributed by atoms with Crippen molar-refractivity contribution >= 4 is 45.7 Å².